The summed E-state index contributed by atoms with van der Waals surface area (Å²) >= 11 is 0. The van der Waals surface area contributed by atoms with Crippen LogP contribution < -0.4 is 4.90 Å². The van der Waals surface area contributed by atoms with Crippen LogP contribution in [0, 0.1) is 6.92 Å². The highest BCUT2D eigenvalue weighted by Crippen LogP contribution is 2.32. The molecule has 0 N–H and O–H groups in total. The van der Waals surface area contributed by atoms with Crippen molar-refractivity contribution in [1.29, 1.82) is 0 Å². The van der Waals surface area contributed by atoms with E-state index in [1.165, 1.54) is 17.0 Å². The molecule has 1 aliphatic rings. The number of aryl methyl sites for hydroxylation is 1. The zero-order valence-corrected chi connectivity index (χ0v) is 14.3. The summed E-state index contributed by atoms with van der Waals surface area (Å²) in [5.74, 6) is -1.32. The summed E-state index contributed by atoms with van der Waals surface area (Å²) < 4.78 is 52.5. The van der Waals surface area contributed by atoms with Crippen molar-refractivity contribution in [2.45, 2.75) is 19.1 Å². The van der Waals surface area contributed by atoms with Gasteiger partial charge >= 0.3 is 12.1 Å². The van der Waals surface area contributed by atoms with Crippen molar-refractivity contribution < 1.29 is 31.7 Å². The number of aromatic nitrogens is 4. The Balaban J connectivity index is 1.63. The summed E-state index contributed by atoms with van der Waals surface area (Å²) in [6.45, 7) is 1.69. The van der Waals surface area contributed by atoms with Gasteiger partial charge in [-0.15, -0.1) is 0 Å². The molecule has 0 aliphatic carbocycles. The van der Waals surface area contributed by atoms with Crippen LogP contribution in [0.3, 0.4) is 0 Å². The molecule has 0 saturated carbocycles. The molecule has 4 rings (SSSR count). The highest BCUT2D eigenvalue weighted by Gasteiger charge is 2.39. The second-order valence-electron chi connectivity index (χ2n) is 5.94. The maximum Gasteiger partial charge on any atom is 0.471 e. The zero-order chi connectivity index (χ0) is 19.9. The number of hydrogen-bond donors (Lipinski definition) is 0. The van der Waals surface area contributed by atoms with Gasteiger partial charge in [-0.25, -0.2) is 0 Å². The quantitative estimate of drug-likeness (QED) is 0.666. The lowest BCUT2D eigenvalue weighted by Crippen LogP contribution is -2.44. The molecular formula is C16H12F3N5O4. The van der Waals surface area contributed by atoms with Gasteiger partial charge in [0.05, 0.1) is 6.61 Å². The number of benzene rings is 1. The maximum absolute atomic E-state index is 12.6. The smallest absolute Gasteiger partial charge is 0.369 e. The van der Waals surface area contributed by atoms with Gasteiger partial charge in [-0.2, -0.15) is 23.1 Å². The van der Waals surface area contributed by atoms with Crippen LogP contribution in [-0.2, 0) is 15.7 Å². The van der Waals surface area contributed by atoms with Crippen molar-refractivity contribution in [2.24, 2.45) is 0 Å². The number of rotatable bonds is 3. The molecule has 0 bridgehead atoms. The molecule has 3 heterocycles. The highest BCUT2D eigenvalue weighted by molar-refractivity contribution is 5.95. The summed E-state index contributed by atoms with van der Waals surface area (Å²) in [4.78, 5) is 21.3. The van der Waals surface area contributed by atoms with Gasteiger partial charge in [0.15, 0.2) is 5.82 Å². The van der Waals surface area contributed by atoms with E-state index >= 15 is 0 Å². The normalized spacial score (nSPS) is 17.9. The standard InChI is InChI=1S/C16H12F3N5O4/c1-8-20-14(27-22-8)11-6-26-7-12(25)24(11)10-4-2-9(3-5-10)13-21-15(28-23-13)16(17,18)19/h2-5,11H,6-7H2,1H3/t11-/m0/s1. The van der Waals surface area contributed by atoms with Crippen LogP contribution in [0.15, 0.2) is 33.3 Å². The number of anilines is 1. The molecule has 1 atom stereocenters. The van der Waals surface area contributed by atoms with Gasteiger partial charge in [-0.3, -0.25) is 9.69 Å². The Kier molecular flexibility index (Phi) is 4.34. The van der Waals surface area contributed by atoms with E-state index in [-0.39, 0.29) is 30.8 Å². The first-order valence-corrected chi connectivity index (χ1v) is 8.04. The first-order chi connectivity index (χ1) is 13.3. The Morgan fingerprint density at radius 3 is 2.46 bits per heavy atom. The molecule has 1 saturated heterocycles. The summed E-state index contributed by atoms with van der Waals surface area (Å²) in [5, 5.41) is 7.06. The van der Waals surface area contributed by atoms with Crippen molar-refractivity contribution in [3.8, 4) is 11.4 Å². The van der Waals surface area contributed by atoms with Gasteiger partial charge < -0.3 is 13.8 Å². The van der Waals surface area contributed by atoms with Gasteiger partial charge in [-0.1, -0.05) is 10.3 Å². The number of amides is 1. The van der Waals surface area contributed by atoms with Crippen molar-refractivity contribution in [1.82, 2.24) is 20.3 Å². The molecule has 1 amide bonds. The maximum atomic E-state index is 12.6. The topological polar surface area (TPSA) is 107 Å². The number of halogens is 3. The van der Waals surface area contributed by atoms with Crippen LogP contribution in [0.5, 0.6) is 0 Å². The summed E-state index contributed by atoms with van der Waals surface area (Å²) in [6.07, 6.45) is -4.72. The second-order valence-corrected chi connectivity index (χ2v) is 5.94. The molecule has 28 heavy (non-hydrogen) atoms. The minimum atomic E-state index is -4.72. The summed E-state index contributed by atoms with van der Waals surface area (Å²) in [5.41, 5.74) is 0.784. The van der Waals surface area contributed by atoms with Gasteiger partial charge in [0.2, 0.25) is 5.82 Å². The molecule has 12 heteroatoms. The highest BCUT2D eigenvalue weighted by atomic mass is 19.4. The Bertz CT molecular complexity index is 998. The first kappa shape index (κ1) is 18.1. The predicted molar refractivity (Wildman–Crippen MR) is 84.8 cm³/mol. The minimum Gasteiger partial charge on any atom is -0.369 e. The van der Waals surface area contributed by atoms with Gasteiger partial charge in [-0.05, 0) is 31.2 Å². The van der Waals surface area contributed by atoms with E-state index < -0.39 is 18.1 Å². The van der Waals surface area contributed by atoms with Crippen molar-refractivity contribution in [3.63, 3.8) is 0 Å². The molecule has 1 aliphatic heterocycles. The average Bonchev–Trinajstić information content (AvgIpc) is 3.31. The number of hydrogen-bond acceptors (Lipinski definition) is 8. The SMILES string of the molecule is Cc1noc([C@@H]2COCC(=O)N2c2ccc(-c3noc(C(F)(F)F)n3)cc2)n1. The van der Waals surface area contributed by atoms with E-state index in [1.54, 1.807) is 19.1 Å². The lowest BCUT2D eigenvalue weighted by Gasteiger charge is -2.33. The van der Waals surface area contributed by atoms with E-state index in [0.717, 1.165) is 0 Å². The number of morpholine rings is 1. The van der Waals surface area contributed by atoms with Crippen LogP contribution in [-0.4, -0.2) is 39.4 Å². The molecule has 0 radical (unpaired) electrons. The third kappa shape index (κ3) is 3.33. The molecule has 146 valence electrons. The van der Waals surface area contributed by atoms with Crippen molar-refractivity contribution >= 4 is 11.6 Å². The first-order valence-electron chi connectivity index (χ1n) is 8.04. The fourth-order valence-electron chi connectivity index (χ4n) is 2.76. The second kappa shape index (κ2) is 6.71. The third-order valence-corrected chi connectivity index (χ3v) is 3.98. The molecular weight excluding hydrogens is 383 g/mol. The number of carbonyl (C=O) groups is 1. The van der Waals surface area contributed by atoms with Gasteiger partial charge in [0, 0.05) is 11.3 Å². The fourth-order valence-corrected chi connectivity index (χ4v) is 2.76. The average molecular weight is 395 g/mol. The Hall–Kier alpha value is -3.28. The molecule has 0 unspecified atom stereocenters. The van der Waals surface area contributed by atoms with Gasteiger partial charge in [0.1, 0.15) is 12.6 Å². The van der Waals surface area contributed by atoms with E-state index in [9.17, 15) is 18.0 Å². The number of carbonyl (C=O) groups excluding carboxylic acids is 1. The van der Waals surface area contributed by atoms with Crippen molar-refractivity contribution in [3.05, 3.63) is 41.9 Å². The molecule has 9 nitrogen and oxygen atoms in total. The predicted octanol–water partition coefficient (Wildman–Crippen LogP) is 2.55. The summed E-state index contributed by atoms with van der Waals surface area (Å²) in [6, 6.07) is 5.46. The number of alkyl halides is 3. The van der Waals surface area contributed by atoms with Gasteiger partial charge in [0.25, 0.3) is 11.8 Å². The molecule has 1 aromatic carbocycles. The van der Waals surface area contributed by atoms with E-state index in [1.807, 2.05) is 0 Å². The molecule has 0 spiro atoms. The van der Waals surface area contributed by atoms with E-state index in [0.29, 0.717) is 17.1 Å². The monoisotopic (exact) mass is 395 g/mol. The van der Waals surface area contributed by atoms with Crippen LogP contribution in [0.2, 0.25) is 0 Å². The number of nitrogens with zero attached hydrogens (tertiary/aromatic N) is 5. The zero-order valence-electron chi connectivity index (χ0n) is 14.3. The Morgan fingerprint density at radius 2 is 1.86 bits per heavy atom. The Labute approximate surface area is 155 Å². The molecule has 1 fully saturated rings. The largest absolute Gasteiger partial charge is 0.471 e. The van der Waals surface area contributed by atoms with E-state index in [2.05, 4.69) is 24.8 Å². The third-order valence-electron chi connectivity index (χ3n) is 3.98. The number of ether oxygens (including phenoxy) is 1. The van der Waals surface area contributed by atoms with E-state index in [4.69, 9.17) is 9.26 Å². The minimum absolute atomic E-state index is 0.120. The summed E-state index contributed by atoms with van der Waals surface area (Å²) in [7, 11) is 0. The van der Waals surface area contributed by atoms with Crippen LogP contribution in [0.4, 0.5) is 18.9 Å². The fraction of sp³-hybridized carbons (Fsp3) is 0.312. The lowest BCUT2D eigenvalue weighted by atomic mass is 10.1. The molecule has 3 aromatic rings. The van der Waals surface area contributed by atoms with Crippen molar-refractivity contribution in [2.75, 3.05) is 18.1 Å². The van der Waals surface area contributed by atoms with Crippen LogP contribution in [0.25, 0.3) is 11.4 Å². The Morgan fingerprint density at radius 1 is 1.11 bits per heavy atom. The molecule has 2 aromatic heterocycles. The van der Waals surface area contributed by atoms with Crippen LogP contribution in [0.1, 0.15) is 23.6 Å². The lowest BCUT2D eigenvalue weighted by molar-refractivity contribution is -0.159. The van der Waals surface area contributed by atoms with Crippen LogP contribution >= 0.6 is 0 Å².